The van der Waals surface area contributed by atoms with Gasteiger partial charge in [0.2, 0.25) is 5.91 Å². The van der Waals surface area contributed by atoms with Gasteiger partial charge >= 0.3 is 0 Å². The van der Waals surface area contributed by atoms with Gasteiger partial charge in [0.25, 0.3) is 0 Å². The first kappa shape index (κ1) is 18.8. The van der Waals surface area contributed by atoms with Gasteiger partial charge in [0, 0.05) is 45.1 Å². The van der Waals surface area contributed by atoms with Gasteiger partial charge in [-0.2, -0.15) is 4.52 Å². The number of rotatable bonds is 4. The number of hydrogen-bond donors (Lipinski definition) is 0. The van der Waals surface area contributed by atoms with E-state index in [1.54, 1.807) is 0 Å². The van der Waals surface area contributed by atoms with Crippen LogP contribution in [0.4, 0.5) is 5.82 Å². The van der Waals surface area contributed by atoms with Gasteiger partial charge < -0.3 is 14.7 Å². The summed E-state index contributed by atoms with van der Waals surface area (Å²) in [5.41, 5.74) is 0.840. The summed E-state index contributed by atoms with van der Waals surface area (Å²) in [6, 6.07) is 4.48. The van der Waals surface area contributed by atoms with Crippen molar-refractivity contribution in [2.24, 2.45) is 0 Å². The lowest BCUT2D eigenvalue weighted by molar-refractivity contribution is -0.135. The molecule has 3 fully saturated rings. The van der Waals surface area contributed by atoms with E-state index in [1.807, 2.05) is 22.5 Å². The molecule has 5 heterocycles. The van der Waals surface area contributed by atoms with Crippen molar-refractivity contribution in [3.63, 3.8) is 0 Å². The summed E-state index contributed by atoms with van der Waals surface area (Å²) in [6.45, 7) is 5.26. The molecule has 0 saturated carbocycles. The van der Waals surface area contributed by atoms with E-state index in [-0.39, 0.29) is 0 Å². The number of piperidine rings is 2. The number of nitrogens with zero attached hydrogens (tertiary/aromatic N) is 7. The quantitative estimate of drug-likeness (QED) is 0.785. The summed E-state index contributed by atoms with van der Waals surface area (Å²) in [6.07, 6.45) is 7.49. The molecule has 1 atom stereocenters. The minimum atomic E-state index is 0.297. The molecular formula is C21H31N7O. The molecule has 2 aromatic heterocycles. The molecular weight excluding hydrogens is 366 g/mol. The molecule has 5 rings (SSSR count). The lowest BCUT2D eigenvalue weighted by Crippen LogP contribution is -2.48. The van der Waals surface area contributed by atoms with Crippen LogP contribution in [0.5, 0.6) is 0 Å². The number of amides is 1. The Balaban J connectivity index is 1.25. The molecule has 0 aromatic carbocycles. The Kier molecular flexibility index (Phi) is 5.11. The molecule has 0 radical (unpaired) electrons. The smallest absolute Gasteiger partial charge is 0.222 e. The fraction of sp³-hybridized carbons (Fsp3) is 0.714. The normalized spacial score (nSPS) is 24.7. The number of likely N-dealkylation sites (N-methyl/N-ethyl adjacent to an activating group) is 1. The Morgan fingerprint density at radius 2 is 1.79 bits per heavy atom. The Morgan fingerprint density at radius 3 is 2.59 bits per heavy atom. The average Bonchev–Trinajstić information content (AvgIpc) is 3.42. The van der Waals surface area contributed by atoms with Gasteiger partial charge in [-0.1, -0.05) is 0 Å². The summed E-state index contributed by atoms with van der Waals surface area (Å²) in [5, 5.41) is 13.8. The average molecular weight is 398 g/mol. The van der Waals surface area contributed by atoms with Crippen molar-refractivity contribution in [1.82, 2.24) is 29.6 Å². The Bertz CT molecular complexity index is 867. The number of anilines is 1. The van der Waals surface area contributed by atoms with E-state index in [4.69, 9.17) is 5.10 Å². The monoisotopic (exact) mass is 397 g/mol. The van der Waals surface area contributed by atoms with Gasteiger partial charge in [-0.15, -0.1) is 15.3 Å². The molecule has 156 valence electrons. The Hall–Kier alpha value is -2.22. The van der Waals surface area contributed by atoms with E-state index in [0.717, 1.165) is 75.7 Å². The summed E-state index contributed by atoms with van der Waals surface area (Å²) in [7, 11) is 1.96. The maximum absolute atomic E-state index is 12.0. The van der Waals surface area contributed by atoms with Gasteiger partial charge in [-0.25, -0.2) is 0 Å². The predicted octanol–water partition coefficient (Wildman–Crippen LogP) is 1.91. The molecule has 3 aliphatic rings. The van der Waals surface area contributed by atoms with Crippen LogP contribution in [-0.2, 0) is 4.79 Å². The molecule has 8 heteroatoms. The van der Waals surface area contributed by atoms with Gasteiger partial charge in [-0.05, 0) is 63.7 Å². The summed E-state index contributed by atoms with van der Waals surface area (Å²) in [4.78, 5) is 18.8. The summed E-state index contributed by atoms with van der Waals surface area (Å²) < 4.78 is 1.97. The molecule has 8 nitrogen and oxygen atoms in total. The van der Waals surface area contributed by atoms with E-state index < -0.39 is 0 Å². The summed E-state index contributed by atoms with van der Waals surface area (Å²) >= 11 is 0. The number of fused-ring (bicyclic) bond motifs is 1. The number of carbonyl (C=O) groups is 1. The van der Waals surface area contributed by atoms with Crippen LogP contribution in [-0.4, -0.2) is 81.3 Å². The lowest BCUT2D eigenvalue weighted by atomic mass is 9.94. The number of carbonyl (C=O) groups excluding carboxylic acids is 1. The molecule has 3 saturated heterocycles. The van der Waals surface area contributed by atoms with Crippen LogP contribution in [0, 0.1) is 0 Å². The van der Waals surface area contributed by atoms with Crippen molar-refractivity contribution in [2.75, 3.05) is 44.7 Å². The van der Waals surface area contributed by atoms with Crippen molar-refractivity contribution in [1.29, 1.82) is 0 Å². The zero-order valence-corrected chi connectivity index (χ0v) is 17.3. The molecule has 0 aliphatic carbocycles. The molecule has 1 amide bonds. The van der Waals surface area contributed by atoms with Crippen molar-refractivity contribution >= 4 is 17.4 Å². The first-order valence-corrected chi connectivity index (χ1v) is 11.1. The standard InChI is InChI=1S/C21H31N7O/c1-25-17(5-4-6-20(25)29)15-26-13-9-16(10-14-26)21-23-22-18-7-8-19(24-28(18)21)27-11-2-3-12-27/h7-8,16-17H,2-6,9-15H2,1H3. The maximum Gasteiger partial charge on any atom is 0.222 e. The van der Waals surface area contributed by atoms with Crippen LogP contribution in [0.15, 0.2) is 12.1 Å². The van der Waals surface area contributed by atoms with Gasteiger partial charge in [0.15, 0.2) is 11.5 Å². The zero-order valence-electron chi connectivity index (χ0n) is 17.3. The van der Waals surface area contributed by atoms with Crippen molar-refractivity contribution in [3.8, 4) is 0 Å². The van der Waals surface area contributed by atoms with E-state index in [9.17, 15) is 4.79 Å². The molecule has 0 bridgehead atoms. The third kappa shape index (κ3) is 3.70. The van der Waals surface area contributed by atoms with Crippen LogP contribution < -0.4 is 4.90 Å². The second-order valence-corrected chi connectivity index (χ2v) is 8.84. The molecule has 3 aliphatic heterocycles. The van der Waals surface area contributed by atoms with Crippen LogP contribution in [0.2, 0.25) is 0 Å². The minimum Gasteiger partial charge on any atom is -0.355 e. The highest BCUT2D eigenvalue weighted by molar-refractivity contribution is 5.76. The SMILES string of the molecule is CN1C(=O)CCCC1CN1CCC(c2nnc3ccc(N4CCCC4)nn23)CC1. The number of likely N-dealkylation sites (tertiary alicyclic amines) is 2. The topological polar surface area (TPSA) is 69.9 Å². The van der Waals surface area contributed by atoms with E-state index >= 15 is 0 Å². The van der Waals surface area contributed by atoms with Crippen molar-refractivity contribution in [2.45, 2.75) is 56.9 Å². The Labute approximate surface area is 171 Å². The second-order valence-electron chi connectivity index (χ2n) is 8.84. The van der Waals surface area contributed by atoms with Gasteiger partial charge in [0.1, 0.15) is 5.82 Å². The highest BCUT2D eigenvalue weighted by Gasteiger charge is 2.30. The van der Waals surface area contributed by atoms with Crippen LogP contribution in [0.25, 0.3) is 5.65 Å². The highest BCUT2D eigenvalue weighted by atomic mass is 16.2. The van der Waals surface area contributed by atoms with Gasteiger partial charge in [-0.3, -0.25) is 4.79 Å². The van der Waals surface area contributed by atoms with Gasteiger partial charge in [0.05, 0.1) is 0 Å². The van der Waals surface area contributed by atoms with Crippen molar-refractivity contribution in [3.05, 3.63) is 18.0 Å². The maximum atomic E-state index is 12.0. The molecule has 0 spiro atoms. The molecule has 1 unspecified atom stereocenters. The minimum absolute atomic E-state index is 0.297. The largest absolute Gasteiger partial charge is 0.355 e. The van der Waals surface area contributed by atoms with E-state index in [2.05, 4.69) is 26.1 Å². The first-order valence-electron chi connectivity index (χ1n) is 11.1. The van der Waals surface area contributed by atoms with Crippen molar-refractivity contribution < 1.29 is 4.79 Å². The third-order valence-corrected chi connectivity index (χ3v) is 6.99. The fourth-order valence-electron chi connectivity index (χ4n) is 5.11. The zero-order chi connectivity index (χ0) is 19.8. The predicted molar refractivity (Wildman–Crippen MR) is 111 cm³/mol. The molecule has 0 N–H and O–H groups in total. The molecule has 2 aromatic rings. The number of aromatic nitrogens is 4. The van der Waals surface area contributed by atoms with Crippen LogP contribution in [0.3, 0.4) is 0 Å². The summed E-state index contributed by atoms with van der Waals surface area (Å²) in [5.74, 6) is 2.74. The second kappa shape index (κ2) is 7.89. The highest BCUT2D eigenvalue weighted by Crippen LogP contribution is 2.29. The number of hydrogen-bond acceptors (Lipinski definition) is 6. The fourth-order valence-corrected chi connectivity index (χ4v) is 5.11. The van der Waals surface area contributed by atoms with E-state index in [0.29, 0.717) is 24.3 Å². The lowest BCUT2D eigenvalue weighted by Gasteiger charge is -2.38. The van der Waals surface area contributed by atoms with Crippen LogP contribution in [0.1, 0.15) is 56.7 Å². The molecule has 29 heavy (non-hydrogen) atoms. The third-order valence-electron chi connectivity index (χ3n) is 6.99. The first-order chi connectivity index (χ1) is 14.2. The van der Waals surface area contributed by atoms with Crippen LogP contribution >= 0.6 is 0 Å². The Morgan fingerprint density at radius 1 is 1.00 bits per heavy atom. The van der Waals surface area contributed by atoms with E-state index in [1.165, 1.54) is 12.8 Å².